The van der Waals surface area contributed by atoms with Crippen molar-refractivity contribution in [1.29, 1.82) is 0 Å². The average Bonchev–Trinajstić information content (AvgIpc) is 3.16. The Kier molecular flexibility index (Phi) is 9.91. The van der Waals surface area contributed by atoms with Gasteiger partial charge in [-0.2, -0.15) is 0 Å². The lowest BCUT2D eigenvalue weighted by Crippen LogP contribution is -2.52. The van der Waals surface area contributed by atoms with Gasteiger partial charge in [-0.1, -0.05) is 66.2 Å². The van der Waals surface area contributed by atoms with Crippen molar-refractivity contribution in [3.8, 4) is 11.1 Å². The summed E-state index contributed by atoms with van der Waals surface area (Å²) in [6, 6.07) is 20.2. The lowest BCUT2D eigenvalue weighted by Gasteiger charge is -2.38. The first-order valence-corrected chi connectivity index (χ1v) is 16.2. The molecule has 0 radical (unpaired) electrons. The van der Waals surface area contributed by atoms with Crippen LogP contribution in [-0.2, 0) is 36.5 Å². The quantitative estimate of drug-likeness (QED) is 0.322. The van der Waals surface area contributed by atoms with Crippen LogP contribution in [-0.4, -0.2) is 61.8 Å². The molecule has 43 heavy (non-hydrogen) atoms. The van der Waals surface area contributed by atoms with E-state index in [1.807, 2.05) is 54.3 Å². The number of halogens is 2. The van der Waals surface area contributed by atoms with E-state index in [0.29, 0.717) is 53.2 Å². The summed E-state index contributed by atoms with van der Waals surface area (Å²) in [5.41, 5.74) is 3.07. The molecule has 2 heterocycles. The Labute approximate surface area is 263 Å². The summed E-state index contributed by atoms with van der Waals surface area (Å²) in [7, 11) is -3.21. The molecule has 1 saturated heterocycles. The van der Waals surface area contributed by atoms with Gasteiger partial charge in [-0.3, -0.25) is 9.69 Å². The molecule has 1 fully saturated rings. The third-order valence-electron chi connectivity index (χ3n) is 7.64. The monoisotopic (exact) mass is 644 g/mol. The number of rotatable bonds is 8. The van der Waals surface area contributed by atoms with Crippen LogP contribution in [0.15, 0.2) is 72.5 Å². The van der Waals surface area contributed by atoms with Gasteiger partial charge in [-0.25, -0.2) is 13.2 Å². The van der Waals surface area contributed by atoms with Crippen molar-refractivity contribution in [3.63, 3.8) is 0 Å². The van der Waals surface area contributed by atoms with Crippen LogP contribution < -0.4 is 5.32 Å². The second-order valence-electron chi connectivity index (χ2n) is 11.1. The molecule has 11 heteroatoms. The van der Waals surface area contributed by atoms with Crippen molar-refractivity contribution in [3.05, 3.63) is 99.8 Å². The fourth-order valence-electron chi connectivity index (χ4n) is 5.72. The Hall–Kier alpha value is -3.37. The number of hydrogen-bond donors (Lipinski definition) is 2. The molecule has 0 aromatic heterocycles. The number of ether oxygens (including phenoxy) is 1. The van der Waals surface area contributed by atoms with E-state index in [2.05, 4.69) is 5.32 Å². The molecule has 228 valence electrons. The number of benzene rings is 3. The maximum absolute atomic E-state index is 13.2. The molecule has 0 aliphatic carbocycles. The highest BCUT2D eigenvalue weighted by atomic mass is 35.5. The van der Waals surface area contributed by atoms with Gasteiger partial charge in [-0.15, -0.1) is 12.4 Å². The number of aryl methyl sites for hydroxylation is 1. The topological polar surface area (TPSA) is 113 Å². The van der Waals surface area contributed by atoms with Crippen molar-refractivity contribution >= 4 is 51.3 Å². The van der Waals surface area contributed by atoms with Crippen molar-refractivity contribution in [2.45, 2.75) is 37.7 Å². The van der Waals surface area contributed by atoms with Gasteiger partial charge in [-0.05, 0) is 66.3 Å². The number of sulfone groups is 1. The van der Waals surface area contributed by atoms with Gasteiger partial charge in [0.15, 0.2) is 21.2 Å². The highest BCUT2D eigenvalue weighted by molar-refractivity contribution is 7.89. The molecule has 3 aromatic rings. The number of amides is 1. The minimum atomic E-state index is -3.21. The number of aliphatic hydroxyl groups excluding tert-OH is 1. The minimum Gasteiger partial charge on any atom is -0.507 e. The van der Waals surface area contributed by atoms with Gasteiger partial charge in [0.25, 0.3) is 0 Å². The second kappa shape index (κ2) is 13.1. The third-order valence-corrected chi connectivity index (χ3v) is 8.81. The van der Waals surface area contributed by atoms with Crippen LogP contribution in [0, 0.1) is 6.92 Å². The zero-order chi connectivity index (χ0) is 30.1. The van der Waals surface area contributed by atoms with Crippen molar-refractivity contribution in [2.24, 2.45) is 0 Å². The fraction of sp³-hybridized carbons (Fsp3) is 0.312. The van der Waals surface area contributed by atoms with E-state index in [1.54, 1.807) is 24.3 Å². The molecule has 0 bridgehead atoms. The number of hydrogen-bond acceptors (Lipinski definition) is 7. The highest BCUT2D eigenvalue weighted by Gasteiger charge is 2.51. The Morgan fingerprint density at radius 3 is 2.51 bits per heavy atom. The first-order valence-electron chi connectivity index (χ1n) is 13.7. The van der Waals surface area contributed by atoms with Crippen LogP contribution in [0.4, 0.5) is 0 Å². The Balaban J connectivity index is 0.00000423. The SMILES string of the molecule is Cc1cc(-c2cccc(CS(C)(=O)=O)c2)c(Cl)cc1C1=C(O)C2(CCCN(CC(=O)NCc3ccccc3)C2)OC1=O.Cl. The maximum Gasteiger partial charge on any atom is 0.343 e. The lowest BCUT2D eigenvalue weighted by molar-refractivity contribution is -0.152. The summed E-state index contributed by atoms with van der Waals surface area (Å²) >= 11 is 6.70. The Morgan fingerprint density at radius 1 is 1.07 bits per heavy atom. The van der Waals surface area contributed by atoms with E-state index >= 15 is 0 Å². The largest absolute Gasteiger partial charge is 0.507 e. The zero-order valence-corrected chi connectivity index (χ0v) is 26.3. The molecule has 3 aromatic carbocycles. The third kappa shape index (κ3) is 7.41. The molecular weight excluding hydrogens is 611 g/mol. The van der Waals surface area contributed by atoms with E-state index < -0.39 is 21.4 Å². The van der Waals surface area contributed by atoms with E-state index in [-0.39, 0.29) is 48.5 Å². The molecule has 2 aliphatic heterocycles. The minimum absolute atomic E-state index is 0. The second-order valence-corrected chi connectivity index (χ2v) is 13.6. The number of carbonyl (C=O) groups excluding carboxylic acids is 2. The van der Waals surface area contributed by atoms with Gasteiger partial charge in [0, 0.05) is 29.9 Å². The molecule has 8 nitrogen and oxygen atoms in total. The molecule has 1 spiro atoms. The first kappa shape index (κ1) is 32.5. The number of carbonyl (C=O) groups is 2. The van der Waals surface area contributed by atoms with Gasteiger partial charge in [0.05, 0.1) is 12.3 Å². The smallest absolute Gasteiger partial charge is 0.343 e. The number of nitrogens with one attached hydrogen (secondary N) is 1. The van der Waals surface area contributed by atoms with Crippen LogP contribution in [0.25, 0.3) is 16.7 Å². The van der Waals surface area contributed by atoms with Crippen molar-refractivity contribution in [2.75, 3.05) is 25.9 Å². The van der Waals surface area contributed by atoms with Crippen LogP contribution in [0.3, 0.4) is 0 Å². The van der Waals surface area contributed by atoms with E-state index in [9.17, 15) is 23.1 Å². The molecule has 2 N–H and O–H groups in total. The number of piperidine rings is 1. The van der Waals surface area contributed by atoms with Crippen molar-refractivity contribution < 1.29 is 27.9 Å². The Morgan fingerprint density at radius 2 is 1.79 bits per heavy atom. The van der Waals surface area contributed by atoms with E-state index in [0.717, 1.165) is 11.1 Å². The van der Waals surface area contributed by atoms with Crippen molar-refractivity contribution in [1.82, 2.24) is 10.2 Å². The van der Waals surface area contributed by atoms with Crippen LogP contribution >= 0.6 is 24.0 Å². The molecule has 2 aliphatic rings. The Bertz CT molecular complexity index is 1680. The molecule has 1 unspecified atom stereocenters. The predicted molar refractivity (Wildman–Crippen MR) is 170 cm³/mol. The summed E-state index contributed by atoms with van der Waals surface area (Å²) < 4.78 is 29.4. The van der Waals surface area contributed by atoms with Crippen LogP contribution in [0.5, 0.6) is 0 Å². The summed E-state index contributed by atoms with van der Waals surface area (Å²) in [6.07, 6.45) is 2.26. The number of nitrogens with zero attached hydrogens (tertiary/aromatic N) is 1. The first-order chi connectivity index (χ1) is 19.9. The van der Waals surface area contributed by atoms with E-state index in [1.165, 1.54) is 6.26 Å². The molecule has 5 rings (SSSR count). The highest BCUT2D eigenvalue weighted by Crippen LogP contribution is 2.44. The zero-order valence-electron chi connectivity index (χ0n) is 23.9. The summed E-state index contributed by atoms with van der Waals surface area (Å²) in [5, 5.41) is 14.7. The van der Waals surface area contributed by atoms with E-state index in [4.69, 9.17) is 16.3 Å². The fourth-order valence-corrected chi connectivity index (χ4v) is 6.77. The average molecular weight is 646 g/mol. The normalized spacial score (nSPS) is 18.8. The lowest BCUT2D eigenvalue weighted by atomic mass is 9.87. The van der Waals surface area contributed by atoms with Gasteiger partial charge in [0.1, 0.15) is 5.57 Å². The summed E-state index contributed by atoms with van der Waals surface area (Å²) in [5.74, 6) is -1.02. The summed E-state index contributed by atoms with van der Waals surface area (Å²) in [4.78, 5) is 27.8. The van der Waals surface area contributed by atoms with Gasteiger partial charge >= 0.3 is 5.97 Å². The molecule has 1 atom stereocenters. The predicted octanol–water partition coefficient (Wildman–Crippen LogP) is 5.26. The summed E-state index contributed by atoms with van der Waals surface area (Å²) in [6.45, 7) is 3.19. The standard InChI is InChI=1S/C32H33ClN2O6S.ClH/c1-21-14-26(24-11-6-10-23(15-24)19-42(2,39)40)27(33)16-25(21)29-30(37)32(41-31(29)38)12-7-13-35(20-32)18-28(36)34-17-22-8-4-3-5-9-22;/h3-6,8-11,14-16,37H,7,12-13,17-20H2,1-2H3,(H,34,36);1H. The molecule has 0 saturated carbocycles. The van der Waals surface area contributed by atoms with Gasteiger partial charge < -0.3 is 15.2 Å². The molecule has 1 amide bonds. The number of esters is 1. The number of likely N-dealkylation sites (tertiary alicyclic amines) is 1. The maximum atomic E-state index is 13.2. The number of aliphatic hydroxyl groups is 1. The van der Waals surface area contributed by atoms with Crippen LogP contribution in [0.1, 0.15) is 35.1 Å². The van der Waals surface area contributed by atoms with Crippen LogP contribution in [0.2, 0.25) is 5.02 Å². The molecular formula is C32H34Cl2N2O6S. The van der Waals surface area contributed by atoms with Gasteiger partial charge in [0.2, 0.25) is 5.91 Å².